The van der Waals surface area contributed by atoms with Crippen LogP contribution in [-0.2, 0) is 11.3 Å². The molecule has 3 N–H and O–H groups in total. The Morgan fingerprint density at radius 1 is 1.21 bits per heavy atom. The van der Waals surface area contributed by atoms with E-state index in [9.17, 15) is 4.79 Å². The summed E-state index contributed by atoms with van der Waals surface area (Å²) < 4.78 is 0. The molecule has 1 amide bonds. The van der Waals surface area contributed by atoms with Crippen LogP contribution in [0.1, 0.15) is 47.6 Å². The molecule has 3 unspecified atom stereocenters. The van der Waals surface area contributed by atoms with Gasteiger partial charge in [-0.15, -0.1) is 0 Å². The van der Waals surface area contributed by atoms with Gasteiger partial charge in [-0.1, -0.05) is 47.5 Å². The third-order valence-corrected chi connectivity index (χ3v) is 6.81. The van der Waals surface area contributed by atoms with Gasteiger partial charge in [0.15, 0.2) is 0 Å². The maximum Gasteiger partial charge on any atom is 0.220 e. The lowest BCUT2D eigenvalue weighted by Gasteiger charge is -2.37. The van der Waals surface area contributed by atoms with Crippen molar-refractivity contribution < 1.29 is 4.79 Å². The van der Waals surface area contributed by atoms with Crippen LogP contribution in [-0.4, -0.2) is 33.9 Å². The fraction of sp³-hybridized carbons (Fsp3) is 0.360. The first-order chi connectivity index (χ1) is 16.0. The average Bonchev–Trinajstić information content (AvgIpc) is 3.41. The first kappa shape index (κ1) is 21.8. The van der Waals surface area contributed by atoms with Gasteiger partial charge in [-0.2, -0.15) is 5.10 Å². The van der Waals surface area contributed by atoms with Gasteiger partial charge in [0.1, 0.15) is 12.0 Å². The topological polar surface area (TPSA) is 72.0 Å². The van der Waals surface area contributed by atoms with Gasteiger partial charge in [-0.05, 0) is 49.1 Å². The number of hydrazine groups is 1. The van der Waals surface area contributed by atoms with Gasteiger partial charge in [0.25, 0.3) is 0 Å². The predicted octanol–water partition coefficient (Wildman–Crippen LogP) is 3.70. The minimum absolute atomic E-state index is 0.00117. The maximum absolute atomic E-state index is 12.4. The number of hydrogen-bond donors (Lipinski definition) is 3. The van der Waals surface area contributed by atoms with Gasteiger partial charge in [-0.25, -0.2) is 5.43 Å². The van der Waals surface area contributed by atoms with Crippen LogP contribution < -0.4 is 16.2 Å². The number of hydrazone groups is 1. The van der Waals surface area contributed by atoms with Gasteiger partial charge in [-0.3, -0.25) is 10.2 Å². The molecule has 172 valence electrons. The summed E-state index contributed by atoms with van der Waals surface area (Å²) in [6.45, 7) is 4.78. The highest BCUT2D eigenvalue weighted by Gasteiger charge is 2.44. The number of amidine groups is 1. The van der Waals surface area contributed by atoms with Crippen molar-refractivity contribution in [2.24, 2.45) is 5.10 Å². The molecule has 3 aliphatic heterocycles. The summed E-state index contributed by atoms with van der Waals surface area (Å²) in [7, 11) is 0. The summed E-state index contributed by atoms with van der Waals surface area (Å²) in [6, 6.07) is 14.7. The molecular weight excluding hydrogens is 436 g/mol. The number of fused-ring (bicyclic) bond motifs is 3. The Kier molecular flexibility index (Phi) is 6.00. The number of nitrogens with zero attached hydrogens (tertiary/aromatic N) is 3. The lowest BCUT2D eigenvalue weighted by Crippen LogP contribution is -2.54. The molecule has 3 atom stereocenters. The van der Waals surface area contributed by atoms with Crippen molar-refractivity contribution >= 4 is 23.3 Å². The highest BCUT2D eigenvalue weighted by atomic mass is 35.5. The van der Waals surface area contributed by atoms with Crippen LogP contribution in [0.4, 0.5) is 0 Å². The summed E-state index contributed by atoms with van der Waals surface area (Å²) in [5.41, 5.74) is 11.9. The van der Waals surface area contributed by atoms with E-state index < -0.39 is 0 Å². The van der Waals surface area contributed by atoms with Crippen molar-refractivity contribution in [2.75, 3.05) is 0 Å². The molecule has 3 aliphatic rings. The number of nitrogens with one attached hydrogen (secondary N) is 3. The van der Waals surface area contributed by atoms with E-state index in [1.807, 2.05) is 30.5 Å². The van der Waals surface area contributed by atoms with Crippen molar-refractivity contribution in [2.45, 2.75) is 57.9 Å². The van der Waals surface area contributed by atoms with Crippen molar-refractivity contribution in [3.63, 3.8) is 0 Å². The van der Waals surface area contributed by atoms with E-state index in [-0.39, 0.29) is 24.2 Å². The molecule has 0 aliphatic carbocycles. The zero-order chi connectivity index (χ0) is 22.9. The minimum atomic E-state index is 0.00117. The second-order valence-electron chi connectivity index (χ2n) is 8.97. The summed E-state index contributed by atoms with van der Waals surface area (Å²) in [5, 5.41) is 10.4. The van der Waals surface area contributed by atoms with Gasteiger partial charge >= 0.3 is 0 Å². The molecule has 7 nitrogen and oxygen atoms in total. The third-order valence-electron chi connectivity index (χ3n) is 6.58. The van der Waals surface area contributed by atoms with Gasteiger partial charge in [0.05, 0.1) is 12.1 Å². The quantitative estimate of drug-likeness (QED) is 0.608. The van der Waals surface area contributed by atoms with Crippen LogP contribution in [0.5, 0.6) is 0 Å². The number of halogens is 1. The number of amides is 1. The van der Waals surface area contributed by atoms with Crippen molar-refractivity contribution in [3.8, 4) is 0 Å². The Hall–Kier alpha value is -3.03. The van der Waals surface area contributed by atoms with Gasteiger partial charge in [0.2, 0.25) is 5.91 Å². The zero-order valence-electron chi connectivity index (χ0n) is 18.9. The maximum atomic E-state index is 12.4. The lowest BCUT2D eigenvalue weighted by molar-refractivity contribution is -0.121. The van der Waals surface area contributed by atoms with Crippen molar-refractivity contribution in [1.82, 2.24) is 26.1 Å². The number of carbonyl (C=O) groups is 1. The van der Waals surface area contributed by atoms with Crippen LogP contribution >= 0.6 is 11.6 Å². The normalized spacial score (nSPS) is 23.1. The Morgan fingerprint density at radius 3 is 2.94 bits per heavy atom. The van der Waals surface area contributed by atoms with E-state index in [2.05, 4.69) is 69.4 Å². The van der Waals surface area contributed by atoms with E-state index in [0.29, 0.717) is 24.4 Å². The molecule has 0 bridgehead atoms. The highest BCUT2D eigenvalue weighted by Crippen LogP contribution is 2.35. The predicted molar refractivity (Wildman–Crippen MR) is 130 cm³/mol. The van der Waals surface area contributed by atoms with E-state index >= 15 is 0 Å². The fourth-order valence-electron chi connectivity index (χ4n) is 4.81. The summed E-state index contributed by atoms with van der Waals surface area (Å²) in [6.07, 6.45) is 6.12. The van der Waals surface area contributed by atoms with Crippen LogP contribution in [0.2, 0.25) is 5.02 Å². The molecule has 0 spiro atoms. The molecule has 8 heteroatoms. The average molecular weight is 465 g/mol. The Labute approximate surface area is 199 Å². The number of hydrogen-bond acceptors (Lipinski definition) is 6. The largest absolute Gasteiger partial charge is 0.352 e. The minimum Gasteiger partial charge on any atom is -0.352 e. The van der Waals surface area contributed by atoms with Crippen LogP contribution in [0, 0.1) is 13.8 Å². The summed E-state index contributed by atoms with van der Waals surface area (Å²) >= 11 is 6.01. The van der Waals surface area contributed by atoms with Gasteiger partial charge < -0.3 is 15.2 Å². The fourth-order valence-corrected chi connectivity index (χ4v) is 5.02. The second kappa shape index (κ2) is 9.08. The second-order valence-corrected chi connectivity index (χ2v) is 9.40. The van der Waals surface area contributed by atoms with Crippen LogP contribution in [0.3, 0.4) is 0 Å². The molecule has 0 radical (unpaired) electrons. The van der Waals surface area contributed by atoms with E-state index in [1.54, 1.807) is 0 Å². The molecule has 2 aromatic rings. The molecule has 2 aromatic carbocycles. The first-order valence-electron chi connectivity index (χ1n) is 11.4. The van der Waals surface area contributed by atoms with Crippen LogP contribution in [0.25, 0.3) is 0 Å². The van der Waals surface area contributed by atoms with Crippen molar-refractivity contribution in [1.29, 1.82) is 0 Å². The SMILES string of the molecule is Cc1ccc(C)c(C2CC3C4NN=C(CCC(=O)NCc5cccc(Cl)c5)N4C=CN3N2)c1. The molecule has 5 rings (SSSR count). The molecule has 3 heterocycles. The standard InChI is InChI=1S/C25H29ClN6O/c1-16-6-7-17(2)20(12-16)21-14-22-25-29-28-23(31(25)10-11-32(22)30-21)8-9-24(33)27-15-18-4-3-5-19(26)13-18/h3-7,10-13,21-22,25,29-30H,8-9,14-15H2,1-2H3,(H,27,33). The smallest absolute Gasteiger partial charge is 0.220 e. The molecular formula is C25H29ClN6O. The monoisotopic (exact) mass is 464 g/mol. The number of benzene rings is 2. The van der Waals surface area contributed by atoms with E-state index in [4.69, 9.17) is 11.6 Å². The number of aryl methyl sites for hydroxylation is 2. The van der Waals surface area contributed by atoms with E-state index in [0.717, 1.165) is 17.8 Å². The molecule has 0 saturated carbocycles. The molecule has 0 aromatic heterocycles. The molecule has 33 heavy (non-hydrogen) atoms. The van der Waals surface area contributed by atoms with Gasteiger partial charge in [0, 0.05) is 36.8 Å². The summed E-state index contributed by atoms with van der Waals surface area (Å²) in [5.74, 6) is 0.894. The molecule has 1 saturated heterocycles. The van der Waals surface area contributed by atoms with Crippen molar-refractivity contribution in [3.05, 3.63) is 82.1 Å². The zero-order valence-corrected chi connectivity index (χ0v) is 19.6. The lowest BCUT2D eigenvalue weighted by atomic mass is 9.95. The van der Waals surface area contributed by atoms with E-state index in [1.165, 1.54) is 16.7 Å². The van der Waals surface area contributed by atoms with Crippen LogP contribution in [0.15, 0.2) is 60.0 Å². The Balaban J connectivity index is 1.16. The highest BCUT2D eigenvalue weighted by molar-refractivity contribution is 6.30. The number of rotatable bonds is 6. The first-order valence-corrected chi connectivity index (χ1v) is 11.8. The third kappa shape index (κ3) is 4.56. The number of carbonyl (C=O) groups excluding carboxylic acids is 1. The summed E-state index contributed by atoms with van der Waals surface area (Å²) in [4.78, 5) is 14.6. The Bertz CT molecular complexity index is 1120. The molecule has 1 fully saturated rings. The Morgan fingerprint density at radius 2 is 2.09 bits per heavy atom.